The number of carbonyl (C=O) groups is 2. The summed E-state index contributed by atoms with van der Waals surface area (Å²) in [4.78, 5) is 22.2. The van der Waals surface area contributed by atoms with Gasteiger partial charge >= 0.3 is 0 Å². The summed E-state index contributed by atoms with van der Waals surface area (Å²) >= 11 is 0. The molecule has 0 aliphatic carbocycles. The zero-order chi connectivity index (χ0) is 15.1. The third kappa shape index (κ3) is 3.82. The van der Waals surface area contributed by atoms with E-state index in [0.29, 0.717) is 17.8 Å². The van der Waals surface area contributed by atoms with Gasteiger partial charge in [-0.05, 0) is 12.1 Å². The minimum atomic E-state index is -0.260. The molecule has 0 heterocycles. The molecule has 0 spiro atoms. The molecule has 108 valence electrons. The van der Waals surface area contributed by atoms with Gasteiger partial charge < -0.3 is 14.6 Å². The molecule has 0 bridgehead atoms. The van der Waals surface area contributed by atoms with Crippen LogP contribution in [0.4, 0.5) is 0 Å². The quantitative estimate of drug-likeness (QED) is 0.480. The van der Waals surface area contributed by atoms with Gasteiger partial charge in [-0.2, -0.15) is 0 Å². The fourth-order valence-electron chi connectivity index (χ4n) is 1.79. The van der Waals surface area contributed by atoms with E-state index in [-0.39, 0.29) is 30.3 Å². The number of benzene rings is 2. The Morgan fingerprint density at radius 1 is 1.10 bits per heavy atom. The van der Waals surface area contributed by atoms with Crippen molar-refractivity contribution in [3.63, 3.8) is 0 Å². The summed E-state index contributed by atoms with van der Waals surface area (Å²) in [5.41, 5.74) is 0.707. The van der Waals surface area contributed by atoms with Crippen LogP contribution in [-0.4, -0.2) is 30.6 Å². The van der Waals surface area contributed by atoms with Gasteiger partial charge in [0.15, 0.2) is 5.78 Å². The SMILES string of the molecule is O=COCCOc1ccc(C(=O)c2ccccc2)c(O)c1. The Hall–Kier alpha value is -2.82. The predicted molar refractivity (Wildman–Crippen MR) is 75.5 cm³/mol. The topological polar surface area (TPSA) is 72.8 Å². The van der Waals surface area contributed by atoms with E-state index < -0.39 is 0 Å². The van der Waals surface area contributed by atoms with Crippen LogP contribution in [0, 0.1) is 0 Å². The number of ketones is 1. The number of carbonyl (C=O) groups excluding carboxylic acids is 2. The lowest BCUT2D eigenvalue weighted by atomic mass is 10.0. The van der Waals surface area contributed by atoms with Crippen LogP contribution >= 0.6 is 0 Å². The lowest BCUT2D eigenvalue weighted by molar-refractivity contribution is -0.129. The Kier molecular flexibility index (Phi) is 4.93. The second-order valence-corrected chi connectivity index (χ2v) is 4.19. The fraction of sp³-hybridized carbons (Fsp3) is 0.125. The summed E-state index contributed by atoms with van der Waals surface area (Å²) in [6.07, 6.45) is 0. The van der Waals surface area contributed by atoms with Crippen molar-refractivity contribution in [1.82, 2.24) is 0 Å². The number of hydrogen-bond donors (Lipinski definition) is 1. The summed E-state index contributed by atoms with van der Waals surface area (Å²) in [5.74, 6) is -0.0202. The smallest absolute Gasteiger partial charge is 0.293 e. The Morgan fingerprint density at radius 2 is 1.86 bits per heavy atom. The maximum Gasteiger partial charge on any atom is 0.293 e. The van der Waals surface area contributed by atoms with Gasteiger partial charge in [0.05, 0.1) is 5.56 Å². The molecule has 0 saturated carbocycles. The van der Waals surface area contributed by atoms with Gasteiger partial charge in [0.1, 0.15) is 24.7 Å². The standard InChI is InChI=1S/C16H14O5/c17-11-20-8-9-21-13-6-7-14(15(18)10-13)16(19)12-4-2-1-3-5-12/h1-7,10-11,18H,8-9H2. The van der Waals surface area contributed by atoms with E-state index in [0.717, 1.165) is 0 Å². The summed E-state index contributed by atoms with van der Waals surface area (Å²) in [6, 6.07) is 13.1. The van der Waals surface area contributed by atoms with E-state index in [1.54, 1.807) is 30.3 Å². The highest BCUT2D eigenvalue weighted by molar-refractivity contribution is 6.10. The molecular weight excluding hydrogens is 272 g/mol. The van der Waals surface area contributed by atoms with Crippen LogP contribution in [0.1, 0.15) is 15.9 Å². The Morgan fingerprint density at radius 3 is 2.52 bits per heavy atom. The lowest BCUT2D eigenvalue weighted by Gasteiger charge is -2.08. The van der Waals surface area contributed by atoms with E-state index in [1.807, 2.05) is 6.07 Å². The van der Waals surface area contributed by atoms with Crippen molar-refractivity contribution in [3.05, 3.63) is 59.7 Å². The second kappa shape index (κ2) is 7.09. The molecule has 0 amide bonds. The van der Waals surface area contributed by atoms with Crippen molar-refractivity contribution < 1.29 is 24.2 Å². The van der Waals surface area contributed by atoms with Crippen LogP contribution in [0.25, 0.3) is 0 Å². The van der Waals surface area contributed by atoms with Gasteiger partial charge in [-0.25, -0.2) is 0 Å². The first-order chi connectivity index (χ1) is 10.2. The summed E-state index contributed by atoms with van der Waals surface area (Å²) < 4.78 is 9.76. The molecule has 0 saturated heterocycles. The Bertz CT molecular complexity index is 622. The molecule has 2 aromatic rings. The zero-order valence-electron chi connectivity index (χ0n) is 11.2. The summed E-state index contributed by atoms with van der Waals surface area (Å²) in [6.45, 7) is 0.627. The lowest BCUT2D eigenvalue weighted by Crippen LogP contribution is -2.06. The monoisotopic (exact) mass is 286 g/mol. The van der Waals surface area contributed by atoms with Crippen molar-refractivity contribution in [3.8, 4) is 11.5 Å². The number of hydrogen-bond acceptors (Lipinski definition) is 5. The van der Waals surface area contributed by atoms with E-state index >= 15 is 0 Å². The number of ether oxygens (including phenoxy) is 2. The molecule has 0 radical (unpaired) electrons. The molecule has 0 fully saturated rings. The molecule has 0 unspecified atom stereocenters. The molecule has 5 nitrogen and oxygen atoms in total. The first kappa shape index (κ1) is 14.6. The van der Waals surface area contributed by atoms with Gasteiger partial charge in [0.25, 0.3) is 6.47 Å². The van der Waals surface area contributed by atoms with E-state index in [9.17, 15) is 14.7 Å². The fourth-order valence-corrected chi connectivity index (χ4v) is 1.79. The van der Waals surface area contributed by atoms with Crippen molar-refractivity contribution in [1.29, 1.82) is 0 Å². The number of phenols is 1. The maximum atomic E-state index is 12.2. The second-order valence-electron chi connectivity index (χ2n) is 4.19. The van der Waals surface area contributed by atoms with Crippen molar-refractivity contribution >= 4 is 12.3 Å². The average molecular weight is 286 g/mol. The normalized spacial score (nSPS) is 9.90. The molecule has 0 aliphatic heterocycles. The number of rotatable bonds is 7. The third-order valence-electron chi connectivity index (χ3n) is 2.79. The third-order valence-corrected chi connectivity index (χ3v) is 2.79. The first-order valence-corrected chi connectivity index (χ1v) is 6.33. The van der Waals surface area contributed by atoms with Gasteiger partial charge in [0.2, 0.25) is 0 Å². The average Bonchev–Trinajstić information content (AvgIpc) is 2.52. The highest BCUT2D eigenvalue weighted by Crippen LogP contribution is 2.25. The Balaban J connectivity index is 2.09. The Labute approximate surface area is 121 Å². The van der Waals surface area contributed by atoms with Gasteiger partial charge in [-0.15, -0.1) is 0 Å². The highest BCUT2D eigenvalue weighted by Gasteiger charge is 2.13. The van der Waals surface area contributed by atoms with E-state index in [2.05, 4.69) is 4.74 Å². The molecule has 21 heavy (non-hydrogen) atoms. The molecule has 1 N–H and O–H groups in total. The van der Waals surface area contributed by atoms with E-state index in [1.165, 1.54) is 12.1 Å². The van der Waals surface area contributed by atoms with Crippen LogP contribution in [0.2, 0.25) is 0 Å². The van der Waals surface area contributed by atoms with Gasteiger partial charge in [0, 0.05) is 11.6 Å². The number of phenolic OH excluding ortho intramolecular Hbond substituents is 1. The zero-order valence-corrected chi connectivity index (χ0v) is 11.2. The summed E-state index contributed by atoms with van der Waals surface area (Å²) in [5, 5.41) is 9.94. The van der Waals surface area contributed by atoms with Crippen molar-refractivity contribution in [2.24, 2.45) is 0 Å². The van der Waals surface area contributed by atoms with Crippen LogP contribution in [0.15, 0.2) is 48.5 Å². The molecule has 0 aliphatic rings. The highest BCUT2D eigenvalue weighted by atomic mass is 16.5. The largest absolute Gasteiger partial charge is 0.507 e. The molecule has 2 aromatic carbocycles. The summed E-state index contributed by atoms with van der Waals surface area (Å²) in [7, 11) is 0. The molecule has 2 rings (SSSR count). The predicted octanol–water partition coefficient (Wildman–Crippen LogP) is 2.17. The molecule has 0 atom stereocenters. The minimum Gasteiger partial charge on any atom is -0.507 e. The first-order valence-electron chi connectivity index (χ1n) is 6.33. The number of aromatic hydroxyl groups is 1. The van der Waals surface area contributed by atoms with Gasteiger partial charge in [-0.3, -0.25) is 9.59 Å². The minimum absolute atomic E-state index is 0.120. The maximum absolute atomic E-state index is 12.2. The van der Waals surface area contributed by atoms with Crippen LogP contribution in [0.3, 0.4) is 0 Å². The van der Waals surface area contributed by atoms with Crippen LogP contribution in [0.5, 0.6) is 11.5 Å². The van der Waals surface area contributed by atoms with Gasteiger partial charge in [-0.1, -0.05) is 30.3 Å². The van der Waals surface area contributed by atoms with Crippen LogP contribution < -0.4 is 4.74 Å². The van der Waals surface area contributed by atoms with Crippen molar-refractivity contribution in [2.75, 3.05) is 13.2 Å². The molecule has 5 heteroatoms. The van der Waals surface area contributed by atoms with E-state index in [4.69, 9.17) is 4.74 Å². The molecular formula is C16H14O5. The van der Waals surface area contributed by atoms with Crippen molar-refractivity contribution in [2.45, 2.75) is 0 Å². The molecule has 0 aromatic heterocycles. The van der Waals surface area contributed by atoms with Crippen LogP contribution in [-0.2, 0) is 9.53 Å².